The van der Waals surface area contributed by atoms with Crippen LogP contribution in [0.4, 0.5) is 0 Å². The van der Waals surface area contributed by atoms with Crippen LogP contribution in [0.25, 0.3) is 6.08 Å². The second-order valence-corrected chi connectivity index (χ2v) is 8.84. The summed E-state index contributed by atoms with van der Waals surface area (Å²) >= 11 is 7.76. The molecule has 0 unspecified atom stereocenters. The Labute approximate surface area is 211 Å². The molecule has 0 atom stereocenters. The number of halogens is 1. The molecule has 0 saturated carbocycles. The summed E-state index contributed by atoms with van der Waals surface area (Å²) in [7, 11) is 1.61. The fraction of sp³-hybridized carbons (Fsp3) is 0.250. The maximum atomic E-state index is 12.6. The highest BCUT2D eigenvalue weighted by molar-refractivity contribution is 8.26. The van der Waals surface area contributed by atoms with E-state index in [0.29, 0.717) is 51.3 Å². The number of hydrogen-bond acceptors (Lipinski definition) is 8. The molecule has 1 N–H and O–H groups in total. The summed E-state index contributed by atoms with van der Waals surface area (Å²) in [5, 5.41) is 15.4. The van der Waals surface area contributed by atoms with Crippen molar-refractivity contribution >= 4 is 51.4 Å². The minimum Gasteiger partial charge on any atom is -0.497 e. The zero-order valence-corrected chi connectivity index (χ0v) is 20.9. The number of hydrogen-bond donors (Lipinski definition) is 1. The van der Waals surface area contributed by atoms with Gasteiger partial charge in [-0.15, -0.1) is 0 Å². The van der Waals surface area contributed by atoms with Crippen LogP contribution >= 0.6 is 23.4 Å². The van der Waals surface area contributed by atoms with E-state index in [1.54, 1.807) is 32.2 Å². The van der Waals surface area contributed by atoms with E-state index in [-0.39, 0.29) is 18.0 Å². The zero-order chi connectivity index (χ0) is 24.9. The van der Waals surface area contributed by atoms with Crippen LogP contribution in [0.5, 0.6) is 23.0 Å². The van der Waals surface area contributed by atoms with Crippen molar-refractivity contribution in [2.45, 2.75) is 13.8 Å². The zero-order valence-electron chi connectivity index (χ0n) is 19.3. The van der Waals surface area contributed by atoms with Crippen molar-refractivity contribution in [3.05, 3.63) is 52.6 Å². The number of carbonyl (C=O) groups is 1. The van der Waals surface area contributed by atoms with Crippen molar-refractivity contribution in [1.82, 2.24) is 5.01 Å². The second kappa shape index (κ2) is 10.8. The number of ether oxygens (including phenoxy) is 4. The molecule has 0 radical (unpaired) electrons. The first kappa shape index (κ1) is 24.6. The molecule has 1 amide bonds. The molecule has 2 aromatic carbocycles. The summed E-state index contributed by atoms with van der Waals surface area (Å²) in [4.78, 5) is 16.6. The standard InChI is InChI=1S/C24H23ClN4O5S/c1-4-32-20-13-15(11-18-22(26)29-24(27-23(18)30)35-14(2)28-29)12-19(25)21(20)34-10-9-33-17-7-5-16(31-3)6-8-17/h5-8,11-13,26H,4,9-10H2,1-3H3. The molecule has 0 fully saturated rings. The molecule has 182 valence electrons. The maximum absolute atomic E-state index is 12.6. The van der Waals surface area contributed by atoms with Gasteiger partial charge in [0.25, 0.3) is 5.91 Å². The van der Waals surface area contributed by atoms with Crippen LogP contribution in [-0.4, -0.2) is 53.9 Å². The normalized spacial score (nSPS) is 16.1. The molecule has 11 heteroatoms. The Hall–Kier alpha value is -3.50. The Kier molecular flexibility index (Phi) is 7.62. The highest BCUT2D eigenvalue weighted by atomic mass is 35.5. The molecule has 9 nitrogen and oxygen atoms in total. The summed E-state index contributed by atoms with van der Waals surface area (Å²) < 4.78 is 22.4. The monoisotopic (exact) mass is 514 g/mol. The number of thioether (sulfide) groups is 1. The Balaban J connectivity index is 1.49. The first-order valence-corrected chi connectivity index (χ1v) is 11.9. The smallest absolute Gasteiger partial charge is 0.283 e. The molecular formula is C24H23ClN4O5S. The van der Waals surface area contributed by atoms with Crippen LogP contribution in [0.3, 0.4) is 0 Å². The van der Waals surface area contributed by atoms with Crippen molar-refractivity contribution in [3.63, 3.8) is 0 Å². The van der Waals surface area contributed by atoms with Crippen molar-refractivity contribution in [1.29, 1.82) is 5.41 Å². The largest absolute Gasteiger partial charge is 0.497 e. The number of carbonyl (C=O) groups excluding carboxylic acids is 1. The molecule has 0 bridgehead atoms. The number of methoxy groups -OCH3 is 1. The fourth-order valence-corrected chi connectivity index (χ4v) is 4.31. The summed E-state index contributed by atoms with van der Waals surface area (Å²) in [6, 6.07) is 10.6. The van der Waals surface area contributed by atoms with Gasteiger partial charge in [-0.25, -0.2) is 0 Å². The topological polar surface area (TPSA) is 106 Å². The van der Waals surface area contributed by atoms with E-state index in [4.69, 9.17) is 36.0 Å². The first-order valence-electron chi connectivity index (χ1n) is 10.7. The highest BCUT2D eigenvalue weighted by Crippen LogP contribution is 2.38. The van der Waals surface area contributed by atoms with E-state index < -0.39 is 5.91 Å². The van der Waals surface area contributed by atoms with Crippen LogP contribution in [0.15, 0.2) is 52.1 Å². The Morgan fingerprint density at radius 2 is 1.83 bits per heavy atom. The molecule has 2 aliphatic heterocycles. The number of fused-ring (bicyclic) bond motifs is 1. The van der Waals surface area contributed by atoms with Crippen molar-refractivity contribution < 1.29 is 23.7 Å². The summed E-state index contributed by atoms with van der Waals surface area (Å²) in [6.07, 6.45) is 1.55. The lowest BCUT2D eigenvalue weighted by molar-refractivity contribution is -0.114. The van der Waals surface area contributed by atoms with E-state index in [9.17, 15) is 4.79 Å². The van der Waals surface area contributed by atoms with Crippen LogP contribution in [-0.2, 0) is 4.79 Å². The molecule has 2 aromatic rings. The molecule has 2 heterocycles. The summed E-state index contributed by atoms with van der Waals surface area (Å²) in [5.74, 6) is 1.67. The molecule has 0 saturated heterocycles. The van der Waals surface area contributed by atoms with Crippen molar-refractivity contribution in [2.24, 2.45) is 10.1 Å². The molecule has 35 heavy (non-hydrogen) atoms. The van der Waals surface area contributed by atoms with Gasteiger partial charge in [0, 0.05) is 0 Å². The molecule has 0 aliphatic carbocycles. The van der Waals surface area contributed by atoms with Gasteiger partial charge >= 0.3 is 0 Å². The summed E-state index contributed by atoms with van der Waals surface area (Å²) in [6.45, 7) is 4.55. The maximum Gasteiger partial charge on any atom is 0.283 e. The van der Waals surface area contributed by atoms with E-state index in [2.05, 4.69) is 10.1 Å². The number of amidine groups is 2. The Bertz CT molecular complexity index is 1240. The lowest BCUT2D eigenvalue weighted by Gasteiger charge is -2.20. The Morgan fingerprint density at radius 1 is 1.11 bits per heavy atom. The van der Waals surface area contributed by atoms with Gasteiger partial charge in [0.15, 0.2) is 17.3 Å². The molecule has 0 aromatic heterocycles. The molecule has 0 spiro atoms. The van der Waals surface area contributed by atoms with Gasteiger partial charge < -0.3 is 18.9 Å². The predicted molar refractivity (Wildman–Crippen MR) is 137 cm³/mol. The van der Waals surface area contributed by atoms with Gasteiger partial charge in [-0.1, -0.05) is 11.6 Å². The van der Waals surface area contributed by atoms with Gasteiger partial charge in [-0.2, -0.15) is 15.1 Å². The number of aliphatic imine (C=N–C) groups is 1. The quantitative estimate of drug-likeness (QED) is 0.377. The lowest BCUT2D eigenvalue weighted by Crippen LogP contribution is -2.35. The minimum atomic E-state index is -0.510. The number of nitrogens with zero attached hydrogens (tertiary/aromatic N) is 3. The van der Waals surface area contributed by atoms with Gasteiger partial charge in [0.05, 0.1) is 29.4 Å². The third-order valence-electron chi connectivity index (χ3n) is 4.86. The van der Waals surface area contributed by atoms with Crippen LogP contribution in [0.1, 0.15) is 19.4 Å². The average molecular weight is 515 g/mol. The number of amides is 1. The lowest BCUT2D eigenvalue weighted by atomic mass is 10.1. The van der Waals surface area contributed by atoms with E-state index in [0.717, 1.165) is 5.75 Å². The van der Waals surface area contributed by atoms with Crippen LogP contribution in [0, 0.1) is 5.41 Å². The highest BCUT2D eigenvalue weighted by Gasteiger charge is 2.34. The number of benzene rings is 2. The third kappa shape index (κ3) is 5.60. The van der Waals surface area contributed by atoms with Gasteiger partial charge in [0.1, 0.15) is 24.7 Å². The number of hydrazone groups is 1. The predicted octanol–water partition coefficient (Wildman–Crippen LogP) is 4.84. The molecule has 4 rings (SSSR count). The third-order valence-corrected chi connectivity index (χ3v) is 5.96. The van der Waals surface area contributed by atoms with Crippen molar-refractivity contribution in [3.8, 4) is 23.0 Å². The molecule has 2 aliphatic rings. The Morgan fingerprint density at radius 3 is 2.54 bits per heavy atom. The van der Waals surface area contributed by atoms with Gasteiger partial charge in [-0.3, -0.25) is 10.2 Å². The second-order valence-electron chi connectivity index (χ2n) is 7.27. The van der Waals surface area contributed by atoms with Gasteiger partial charge in [-0.05, 0) is 73.6 Å². The van der Waals surface area contributed by atoms with Gasteiger partial charge in [0.2, 0.25) is 5.17 Å². The van der Waals surface area contributed by atoms with Crippen LogP contribution in [0.2, 0.25) is 5.02 Å². The average Bonchev–Trinajstić information content (AvgIpc) is 3.21. The number of rotatable bonds is 9. The van der Waals surface area contributed by atoms with E-state index in [1.807, 2.05) is 31.2 Å². The first-order chi connectivity index (χ1) is 16.9. The fourth-order valence-electron chi connectivity index (χ4n) is 3.30. The van der Waals surface area contributed by atoms with Crippen molar-refractivity contribution in [2.75, 3.05) is 26.9 Å². The molecular weight excluding hydrogens is 492 g/mol. The van der Waals surface area contributed by atoms with Crippen LogP contribution < -0.4 is 18.9 Å². The van der Waals surface area contributed by atoms with E-state index >= 15 is 0 Å². The minimum absolute atomic E-state index is 0.0468. The van der Waals surface area contributed by atoms with E-state index in [1.165, 1.54) is 16.8 Å². The number of nitrogens with one attached hydrogen (secondary N) is 1. The summed E-state index contributed by atoms with van der Waals surface area (Å²) in [5.41, 5.74) is 0.674. The SMILES string of the molecule is CCOc1cc(C=C2C(=N)N3N=C(C)SC3=NC2=O)cc(Cl)c1OCCOc1ccc(OC)cc1.